The normalized spacial score (nSPS) is 13.2. The summed E-state index contributed by atoms with van der Waals surface area (Å²) in [4.78, 5) is 13.6. The average molecular weight is 372 g/mol. The summed E-state index contributed by atoms with van der Waals surface area (Å²) in [6.07, 6.45) is 1.74. The number of aromatic nitrogens is 4. The van der Waals surface area contributed by atoms with Gasteiger partial charge in [-0.3, -0.25) is 0 Å². The molecule has 0 aromatic carbocycles. The summed E-state index contributed by atoms with van der Waals surface area (Å²) in [6.45, 7) is 12.7. The van der Waals surface area contributed by atoms with Crippen molar-refractivity contribution < 1.29 is 4.52 Å². The Labute approximate surface area is 158 Å². The Bertz CT molecular complexity index is 878. The SMILES string of the molecule is CC(C)c1noc(-c2ccnc(NC(C)c3nc(C(C)(C)C)cs3)c2)n1. The number of nitrogens with zero attached hydrogens (tertiary/aromatic N) is 4. The van der Waals surface area contributed by atoms with E-state index >= 15 is 0 Å². The van der Waals surface area contributed by atoms with E-state index in [4.69, 9.17) is 9.51 Å². The summed E-state index contributed by atoms with van der Waals surface area (Å²) in [5.41, 5.74) is 2.02. The molecule has 138 valence electrons. The van der Waals surface area contributed by atoms with Crippen molar-refractivity contribution in [3.05, 3.63) is 40.2 Å². The topological polar surface area (TPSA) is 76.7 Å². The van der Waals surface area contributed by atoms with Crippen LogP contribution in [0.4, 0.5) is 5.82 Å². The molecule has 3 rings (SSSR count). The Hall–Kier alpha value is -2.28. The third-order valence-electron chi connectivity index (χ3n) is 3.99. The predicted octanol–water partition coefficient (Wildman–Crippen LogP) is 5.18. The van der Waals surface area contributed by atoms with Crippen molar-refractivity contribution in [2.75, 3.05) is 5.32 Å². The maximum absolute atomic E-state index is 5.37. The maximum atomic E-state index is 5.37. The molecule has 26 heavy (non-hydrogen) atoms. The molecule has 0 bridgehead atoms. The molecule has 0 saturated carbocycles. The summed E-state index contributed by atoms with van der Waals surface area (Å²) in [7, 11) is 0. The van der Waals surface area contributed by atoms with Crippen molar-refractivity contribution in [3.63, 3.8) is 0 Å². The number of nitrogens with one attached hydrogen (secondary N) is 1. The highest BCUT2D eigenvalue weighted by atomic mass is 32.1. The lowest BCUT2D eigenvalue weighted by molar-refractivity contribution is 0.419. The highest BCUT2D eigenvalue weighted by Gasteiger charge is 2.20. The molecule has 0 aliphatic heterocycles. The monoisotopic (exact) mass is 371 g/mol. The Kier molecular flexibility index (Phi) is 5.09. The van der Waals surface area contributed by atoms with Crippen molar-refractivity contribution in [1.82, 2.24) is 20.1 Å². The first-order chi connectivity index (χ1) is 12.2. The van der Waals surface area contributed by atoms with Crippen molar-refractivity contribution in [3.8, 4) is 11.5 Å². The molecule has 0 radical (unpaired) electrons. The van der Waals surface area contributed by atoms with Gasteiger partial charge in [0.15, 0.2) is 5.82 Å². The van der Waals surface area contributed by atoms with Crippen LogP contribution in [0.15, 0.2) is 28.2 Å². The van der Waals surface area contributed by atoms with Crippen molar-refractivity contribution in [2.45, 2.75) is 58.9 Å². The Morgan fingerprint density at radius 1 is 1.15 bits per heavy atom. The number of pyridine rings is 1. The van der Waals surface area contributed by atoms with Crippen LogP contribution in [0.2, 0.25) is 0 Å². The van der Waals surface area contributed by atoms with Crippen LogP contribution in [-0.4, -0.2) is 20.1 Å². The molecular weight excluding hydrogens is 346 g/mol. The number of hydrogen-bond donors (Lipinski definition) is 1. The lowest BCUT2D eigenvalue weighted by atomic mass is 9.93. The van der Waals surface area contributed by atoms with E-state index in [0.29, 0.717) is 11.7 Å². The molecular formula is C19H25N5OS. The molecule has 1 atom stereocenters. The smallest absolute Gasteiger partial charge is 0.258 e. The first-order valence-corrected chi connectivity index (χ1v) is 9.64. The van der Waals surface area contributed by atoms with Gasteiger partial charge in [0.2, 0.25) is 0 Å². The lowest BCUT2D eigenvalue weighted by Gasteiger charge is -2.15. The molecule has 0 aliphatic carbocycles. The highest BCUT2D eigenvalue weighted by molar-refractivity contribution is 7.09. The molecule has 7 heteroatoms. The maximum Gasteiger partial charge on any atom is 0.258 e. The van der Waals surface area contributed by atoms with Gasteiger partial charge in [-0.05, 0) is 19.1 Å². The Morgan fingerprint density at radius 2 is 1.92 bits per heavy atom. The molecule has 3 heterocycles. The largest absolute Gasteiger partial charge is 0.361 e. The average Bonchev–Trinajstić information content (AvgIpc) is 3.24. The van der Waals surface area contributed by atoms with Crippen LogP contribution in [0.3, 0.4) is 0 Å². The van der Waals surface area contributed by atoms with E-state index in [1.54, 1.807) is 17.5 Å². The van der Waals surface area contributed by atoms with Crippen molar-refractivity contribution in [1.29, 1.82) is 0 Å². The van der Waals surface area contributed by atoms with E-state index in [1.807, 2.05) is 26.0 Å². The minimum atomic E-state index is 0.0543. The summed E-state index contributed by atoms with van der Waals surface area (Å²) in [5, 5.41) is 10.6. The molecule has 0 amide bonds. The Balaban J connectivity index is 1.76. The predicted molar refractivity (Wildman–Crippen MR) is 104 cm³/mol. The van der Waals surface area contributed by atoms with Gasteiger partial charge in [-0.2, -0.15) is 4.98 Å². The van der Waals surface area contributed by atoms with Crippen LogP contribution in [0, 0.1) is 0 Å². The lowest BCUT2D eigenvalue weighted by Crippen LogP contribution is -2.13. The minimum absolute atomic E-state index is 0.0543. The van der Waals surface area contributed by atoms with Gasteiger partial charge < -0.3 is 9.84 Å². The molecule has 0 aliphatic rings. The van der Waals surface area contributed by atoms with Crippen molar-refractivity contribution >= 4 is 17.2 Å². The summed E-state index contributed by atoms with van der Waals surface area (Å²) >= 11 is 1.67. The van der Waals surface area contributed by atoms with Gasteiger partial charge >= 0.3 is 0 Å². The molecule has 0 saturated heterocycles. The van der Waals surface area contributed by atoms with Gasteiger partial charge in [-0.15, -0.1) is 11.3 Å². The van der Waals surface area contributed by atoms with E-state index < -0.39 is 0 Å². The van der Waals surface area contributed by atoms with E-state index in [0.717, 1.165) is 22.1 Å². The second-order valence-corrected chi connectivity index (χ2v) is 8.62. The first-order valence-electron chi connectivity index (χ1n) is 8.76. The van der Waals surface area contributed by atoms with E-state index in [1.165, 1.54) is 0 Å². The first kappa shape index (κ1) is 18.5. The van der Waals surface area contributed by atoms with Crippen molar-refractivity contribution in [2.24, 2.45) is 0 Å². The molecule has 1 N–H and O–H groups in total. The van der Waals surface area contributed by atoms with Gasteiger partial charge in [-0.1, -0.05) is 39.8 Å². The fourth-order valence-corrected chi connectivity index (χ4v) is 3.40. The summed E-state index contributed by atoms with van der Waals surface area (Å²) in [5.74, 6) is 2.20. The zero-order valence-electron chi connectivity index (χ0n) is 16.1. The molecule has 6 nitrogen and oxygen atoms in total. The standard InChI is InChI=1S/C19H25N5OS/c1-11(2)16-23-17(25-24-16)13-7-8-20-15(9-13)21-12(3)18-22-14(10-26-18)19(4,5)6/h7-12H,1-6H3,(H,20,21). The second kappa shape index (κ2) is 7.15. The highest BCUT2D eigenvalue weighted by Crippen LogP contribution is 2.29. The molecule has 0 fully saturated rings. The number of anilines is 1. The van der Waals surface area contributed by atoms with Crippen LogP contribution >= 0.6 is 11.3 Å². The minimum Gasteiger partial charge on any atom is -0.361 e. The van der Waals surface area contributed by atoms with Gasteiger partial charge in [0.1, 0.15) is 10.8 Å². The van der Waals surface area contributed by atoms with Gasteiger partial charge in [0, 0.05) is 28.5 Å². The third kappa shape index (κ3) is 4.09. The van der Waals surface area contributed by atoms with E-state index in [2.05, 4.69) is 53.5 Å². The Morgan fingerprint density at radius 3 is 2.54 bits per heavy atom. The van der Waals surface area contributed by atoms with Crippen LogP contribution in [0.25, 0.3) is 11.5 Å². The van der Waals surface area contributed by atoms with E-state index in [9.17, 15) is 0 Å². The zero-order chi connectivity index (χ0) is 18.9. The summed E-state index contributed by atoms with van der Waals surface area (Å²) < 4.78 is 5.37. The molecule has 0 spiro atoms. The number of thiazole rings is 1. The second-order valence-electron chi connectivity index (χ2n) is 7.73. The van der Waals surface area contributed by atoms with Gasteiger partial charge in [0.25, 0.3) is 5.89 Å². The zero-order valence-corrected chi connectivity index (χ0v) is 16.9. The summed E-state index contributed by atoms with van der Waals surface area (Å²) in [6, 6.07) is 3.86. The quantitative estimate of drug-likeness (QED) is 0.666. The fourth-order valence-electron chi connectivity index (χ4n) is 2.34. The molecule has 3 aromatic rings. The fraction of sp³-hybridized carbons (Fsp3) is 0.474. The molecule has 3 aromatic heterocycles. The van der Waals surface area contributed by atoms with E-state index in [-0.39, 0.29) is 17.4 Å². The van der Waals surface area contributed by atoms with Gasteiger partial charge in [0.05, 0.1) is 11.7 Å². The molecule has 1 unspecified atom stereocenters. The van der Waals surface area contributed by atoms with Gasteiger partial charge in [-0.25, -0.2) is 9.97 Å². The van der Waals surface area contributed by atoms with Crippen LogP contribution in [0.1, 0.15) is 70.0 Å². The van der Waals surface area contributed by atoms with Crippen LogP contribution in [-0.2, 0) is 5.41 Å². The number of hydrogen-bond acceptors (Lipinski definition) is 7. The third-order valence-corrected chi connectivity index (χ3v) is 5.02. The van der Waals surface area contributed by atoms with Crippen LogP contribution in [0.5, 0.6) is 0 Å². The number of rotatable bonds is 5. The van der Waals surface area contributed by atoms with Crippen LogP contribution < -0.4 is 5.32 Å².